The lowest BCUT2D eigenvalue weighted by atomic mass is 9.95. The molecule has 0 saturated carbocycles. The molecule has 4 rings (SSSR count). The number of rotatable bonds is 3. The molecule has 1 aromatic carbocycles. The molecule has 0 radical (unpaired) electrons. The first-order valence-electron chi connectivity index (χ1n) is 9.92. The average molecular weight is 447 g/mol. The summed E-state index contributed by atoms with van der Waals surface area (Å²) in [5, 5.41) is 3.52. The summed E-state index contributed by atoms with van der Waals surface area (Å²) >= 11 is 0. The molecule has 8 nitrogen and oxygen atoms in total. The van der Waals surface area contributed by atoms with Crippen LogP contribution >= 0.6 is 0 Å². The Labute approximate surface area is 181 Å². The standard InChI is InChI=1S/C21H20F3N5O3/c1-11-15(12(2)29-20(25-11)26-19(27-29)21(22,23)24)10-17(30)28-9-5-7-13-14(18(31)32-3)6-4-8-16(13)28/h4,6,8H,5,7,9-10H2,1-3H3. The summed E-state index contributed by atoms with van der Waals surface area (Å²) in [4.78, 5) is 34.5. The van der Waals surface area contributed by atoms with Crippen molar-refractivity contribution in [1.82, 2.24) is 19.6 Å². The fourth-order valence-corrected chi connectivity index (χ4v) is 4.02. The van der Waals surface area contributed by atoms with Crippen LogP contribution in [0.15, 0.2) is 18.2 Å². The topological polar surface area (TPSA) is 89.7 Å². The third kappa shape index (κ3) is 3.67. The molecule has 3 aromatic rings. The lowest BCUT2D eigenvalue weighted by Crippen LogP contribution is -2.37. The molecular formula is C21H20F3N5O3. The number of amides is 1. The molecule has 0 spiro atoms. The van der Waals surface area contributed by atoms with Gasteiger partial charge in [-0.2, -0.15) is 18.2 Å². The van der Waals surface area contributed by atoms with Gasteiger partial charge < -0.3 is 9.64 Å². The van der Waals surface area contributed by atoms with Crippen molar-refractivity contribution in [2.75, 3.05) is 18.6 Å². The number of hydrogen-bond acceptors (Lipinski definition) is 6. The van der Waals surface area contributed by atoms with Gasteiger partial charge >= 0.3 is 12.1 Å². The number of fused-ring (bicyclic) bond motifs is 2. The first kappa shape index (κ1) is 21.7. The molecule has 0 bridgehead atoms. The normalized spacial score (nSPS) is 13.9. The van der Waals surface area contributed by atoms with E-state index in [2.05, 4.69) is 15.1 Å². The van der Waals surface area contributed by atoms with E-state index in [4.69, 9.17) is 4.74 Å². The van der Waals surface area contributed by atoms with Crippen LogP contribution in [0.5, 0.6) is 0 Å². The van der Waals surface area contributed by atoms with E-state index in [9.17, 15) is 22.8 Å². The van der Waals surface area contributed by atoms with Gasteiger partial charge in [-0.25, -0.2) is 14.3 Å². The molecule has 0 saturated heterocycles. The van der Waals surface area contributed by atoms with Gasteiger partial charge in [-0.15, -0.1) is 5.10 Å². The fourth-order valence-electron chi connectivity index (χ4n) is 4.02. The van der Waals surface area contributed by atoms with E-state index < -0.39 is 18.0 Å². The van der Waals surface area contributed by atoms with Gasteiger partial charge in [0.15, 0.2) is 0 Å². The maximum Gasteiger partial charge on any atom is 0.453 e. The molecule has 3 heterocycles. The highest BCUT2D eigenvalue weighted by atomic mass is 19.4. The maximum atomic E-state index is 13.2. The van der Waals surface area contributed by atoms with Crippen molar-refractivity contribution in [1.29, 1.82) is 0 Å². The van der Waals surface area contributed by atoms with Crippen molar-refractivity contribution in [2.45, 2.75) is 39.3 Å². The lowest BCUT2D eigenvalue weighted by molar-refractivity contribution is -0.144. The van der Waals surface area contributed by atoms with Crippen LogP contribution in [0, 0.1) is 13.8 Å². The second kappa shape index (κ2) is 7.88. The number of anilines is 1. The fraction of sp³-hybridized carbons (Fsp3) is 0.381. The molecule has 0 N–H and O–H groups in total. The number of aromatic nitrogens is 4. The Morgan fingerprint density at radius 1 is 1.19 bits per heavy atom. The zero-order valence-corrected chi connectivity index (χ0v) is 17.7. The minimum absolute atomic E-state index is 0.0797. The summed E-state index contributed by atoms with van der Waals surface area (Å²) in [5.41, 5.74) is 3.05. The summed E-state index contributed by atoms with van der Waals surface area (Å²) in [7, 11) is 1.30. The maximum absolute atomic E-state index is 13.2. The van der Waals surface area contributed by atoms with Gasteiger partial charge in [0.05, 0.1) is 19.1 Å². The van der Waals surface area contributed by atoms with Gasteiger partial charge in [-0.05, 0) is 44.4 Å². The van der Waals surface area contributed by atoms with Crippen molar-refractivity contribution in [3.8, 4) is 0 Å². The van der Waals surface area contributed by atoms with E-state index in [1.807, 2.05) is 0 Å². The molecule has 0 atom stereocenters. The predicted octanol–water partition coefficient (Wildman–Crippen LogP) is 3.07. The zero-order valence-electron chi connectivity index (χ0n) is 17.7. The molecule has 0 fully saturated rings. The second-order valence-electron chi connectivity index (χ2n) is 7.53. The number of esters is 1. The van der Waals surface area contributed by atoms with Gasteiger partial charge in [0, 0.05) is 29.2 Å². The summed E-state index contributed by atoms with van der Waals surface area (Å²) < 4.78 is 44.9. The first-order chi connectivity index (χ1) is 15.1. The van der Waals surface area contributed by atoms with Gasteiger partial charge in [0.2, 0.25) is 5.91 Å². The van der Waals surface area contributed by atoms with E-state index >= 15 is 0 Å². The Bertz CT molecular complexity index is 1240. The number of aryl methyl sites for hydroxylation is 2. The number of carbonyl (C=O) groups is 2. The van der Waals surface area contributed by atoms with Crippen LogP contribution in [0.1, 0.15) is 45.1 Å². The van der Waals surface area contributed by atoms with E-state index in [1.165, 1.54) is 7.11 Å². The molecule has 1 aliphatic rings. The van der Waals surface area contributed by atoms with Crippen LogP contribution < -0.4 is 4.90 Å². The molecule has 0 aliphatic carbocycles. The molecule has 1 amide bonds. The predicted molar refractivity (Wildman–Crippen MR) is 107 cm³/mol. The van der Waals surface area contributed by atoms with Crippen LogP contribution in [-0.4, -0.2) is 45.1 Å². The Hall–Kier alpha value is -3.50. The number of nitrogens with zero attached hydrogens (tertiary/aromatic N) is 5. The van der Waals surface area contributed by atoms with Crippen LogP contribution in [0.3, 0.4) is 0 Å². The Morgan fingerprint density at radius 3 is 2.62 bits per heavy atom. The van der Waals surface area contributed by atoms with Crippen LogP contribution in [0.4, 0.5) is 18.9 Å². The Kier molecular flexibility index (Phi) is 5.35. The van der Waals surface area contributed by atoms with Crippen LogP contribution in [0.25, 0.3) is 5.78 Å². The van der Waals surface area contributed by atoms with Crippen molar-refractivity contribution in [3.05, 3.63) is 52.1 Å². The van der Waals surface area contributed by atoms with Gasteiger partial charge in [-0.1, -0.05) is 6.07 Å². The highest BCUT2D eigenvalue weighted by Gasteiger charge is 2.37. The minimum atomic E-state index is -4.70. The van der Waals surface area contributed by atoms with Gasteiger partial charge in [-0.3, -0.25) is 4.79 Å². The smallest absolute Gasteiger partial charge is 0.453 e. The number of benzene rings is 1. The van der Waals surface area contributed by atoms with Gasteiger partial charge in [0.25, 0.3) is 11.6 Å². The van der Waals surface area contributed by atoms with Crippen molar-refractivity contribution in [2.24, 2.45) is 0 Å². The van der Waals surface area contributed by atoms with E-state index in [0.717, 1.165) is 10.1 Å². The number of hydrogen-bond donors (Lipinski definition) is 0. The molecule has 2 aromatic heterocycles. The summed E-state index contributed by atoms with van der Waals surface area (Å²) in [6, 6.07) is 5.12. The molecule has 168 valence electrons. The molecule has 32 heavy (non-hydrogen) atoms. The third-order valence-electron chi connectivity index (χ3n) is 5.59. The summed E-state index contributed by atoms with van der Waals surface area (Å²) in [6.07, 6.45) is -3.47. The largest absolute Gasteiger partial charge is 0.465 e. The number of alkyl halides is 3. The number of ether oxygens (including phenoxy) is 1. The molecule has 0 unspecified atom stereocenters. The lowest BCUT2D eigenvalue weighted by Gasteiger charge is -2.31. The monoisotopic (exact) mass is 447 g/mol. The second-order valence-corrected chi connectivity index (χ2v) is 7.53. The van der Waals surface area contributed by atoms with Crippen molar-refractivity contribution in [3.63, 3.8) is 0 Å². The molecular weight excluding hydrogens is 427 g/mol. The van der Waals surface area contributed by atoms with Crippen molar-refractivity contribution < 1.29 is 27.5 Å². The Balaban J connectivity index is 1.69. The number of carbonyl (C=O) groups excluding carboxylic acids is 2. The highest BCUT2D eigenvalue weighted by molar-refractivity contribution is 5.99. The van der Waals surface area contributed by atoms with E-state index in [0.29, 0.717) is 47.6 Å². The van der Waals surface area contributed by atoms with Gasteiger partial charge in [0.1, 0.15) is 0 Å². The number of halogens is 3. The SMILES string of the molecule is COC(=O)c1cccc2c1CCCN2C(=O)Cc1c(C)nc2nc(C(F)(F)F)nn2c1C. The van der Waals surface area contributed by atoms with E-state index in [1.54, 1.807) is 36.9 Å². The quantitative estimate of drug-likeness (QED) is 0.574. The van der Waals surface area contributed by atoms with Crippen LogP contribution in [0.2, 0.25) is 0 Å². The average Bonchev–Trinajstić information content (AvgIpc) is 3.19. The highest BCUT2D eigenvalue weighted by Crippen LogP contribution is 2.31. The number of methoxy groups -OCH3 is 1. The minimum Gasteiger partial charge on any atom is -0.465 e. The van der Waals surface area contributed by atoms with Crippen LogP contribution in [-0.2, 0) is 28.5 Å². The first-order valence-corrected chi connectivity index (χ1v) is 9.92. The summed E-state index contributed by atoms with van der Waals surface area (Å²) in [5.74, 6) is -2.17. The molecule has 1 aliphatic heterocycles. The van der Waals surface area contributed by atoms with E-state index in [-0.39, 0.29) is 18.1 Å². The third-order valence-corrected chi connectivity index (χ3v) is 5.59. The molecule has 11 heteroatoms. The Morgan fingerprint density at radius 2 is 1.94 bits per heavy atom. The summed E-state index contributed by atoms with van der Waals surface area (Å²) in [6.45, 7) is 3.67. The van der Waals surface area contributed by atoms with Crippen molar-refractivity contribution >= 4 is 23.3 Å². The zero-order chi connectivity index (χ0) is 23.2.